The van der Waals surface area contributed by atoms with Crippen LogP contribution in [0.2, 0.25) is 0 Å². The normalized spacial score (nSPS) is 13.3. The quantitative estimate of drug-likeness (QED) is 0.853. The average Bonchev–Trinajstić information content (AvgIpc) is 2.31. The number of nitrogens with two attached hydrogens (primary N) is 1. The molecular formula is C13H22N2O3S. The number of pyridine rings is 1. The van der Waals surface area contributed by atoms with Gasteiger partial charge in [-0.15, -0.1) is 0 Å². The lowest BCUT2D eigenvalue weighted by molar-refractivity contribution is 0.407. The van der Waals surface area contributed by atoms with Gasteiger partial charge in [0.05, 0.1) is 24.3 Å². The number of hydrogen-bond acceptors (Lipinski definition) is 5. The molecule has 0 aliphatic carbocycles. The number of aromatic nitrogens is 1. The van der Waals surface area contributed by atoms with Gasteiger partial charge in [0.1, 0.15) is 5.75 Å². The van der Waals surface area contributed by atoms with Crippen molar-refractivity contribution < 1.29 is 13.2 Å². The molecule has 1 rings (SSSR count). The molecule has 0 bridgehead atoms. The van der Waals surface area contributed by atoms with Crippen molar-refractivity contribution in [3.8, 4) is 5.75 Å². The van der Waals surface area contributed by atoms with E-state index in [1.807, 2.05) is 13.8 Å². The molecule has 1 aromatic heterocycles. The summed E-state index contributed by atoms with van der Waals surface area (Å²) in [6.07, 6.45) is 2.10. The first-order chi connectivity index (χ1) is 8.76. The number of hydrogen-bond donors (Lipinski definition) is 1. The van der Waals surface area contributed by atoms with Crippen LogP contribution in [0.1, 0.15) is 30.2 Å². The summed E-state index contributed by atoms with van der Waals surface area (Å²) in [5.74, 6) is 0.719. The van der Waals surface area contributed by atoms with Crippen molar-refractivity contribution >= 4 is 9.84 Å². The zero-order valence-electron chi connectivity index (χ0n) is 11.9. The molecule has 0 aliphatic rings. The minimum atomic E-state index is -3.19. The van der Waals surface area contributed by atoms with Gasteiger partial charge in [-0.2, -0.15) is 0 Å². The van der Waals surface area contributed by atoms with Gasteiger partial charge in [0.25, 0.3) is 0 Å². The second-order valence-corrected chi connectivity index (χ2v) is 7.09. The highest BCUT2D eigenvalue weighted by Crippen LogP contribution is 2.25. The Hall–Kier alpha value is -1.14. The van der Waals surface area contributed by atoms with E-state index in [9.17, 15) is 8.42 Å². The van der Waals surface area contributed by atoms with Gasteiger partial charge in [-0.05, 0) is 27.2 Å². The van der Waals surface area contributed by atoms with Crippen LogP contribution in [0.4, 0.5) is 0 Å². The summed E-state index contributed by atoms with van der Waals surface area (Å²) in [6.45, 7) is 5.51. The second-order valence-electron chi connectivity index (χ2n) is 4.90. The molecule has 1 aromatic rings. The van der Waals surface area contributed by atoms with E-state index >= 15 is 0 Å². The number of methoxy groups -OCH3 is 1. The topological polar surface area (TPSA) is 82.3 Å². The molecule has 2 N–H and O–H groups in total. The summed E-state index contributed by atoms with van der Waals surface area (Å²) in [4.78, 5) is 4.21. The third-order valence-corrected chi connectivity index (χ3v) is 4.56. The zero-order valence-corrected chi connectivity index (χ0v) is 12.8. The van der Waals surface area contributed by atoms with Gasteiger partial charge < -0.3 is 10.5 Å². The standard InChI is InChI=1S/C13H22N2O3S/c1-9-7-15-12(11(3)13(9)18-4)8-19(16,17)6-5-10(2)14/h7,10H,5-6,8,14H2,1-4H3. The SMILES string of the molecule is COc1c(C)cnc(CS(=O)(=O)CCC(C)N)c1C. The van der Waals surface area contributed by atoms with Crippen molar-refractivity contribution in [3.05, 3.63) is 23.0 Å². The molecule has 0 amide bonds. The maximum Gasteiger partial charge on any atom is 0.156 e. The van der Waals surface area contributed by atoms with Gasteiger partial charge in [0, 0.05) is 23.4 Å². The van der Waals surface area contributed by atoms with Crippen LogP contribution in [-0.4, -0.2) is 32.3 Å². The molecule has 0 radical (unpaired) electrons. The smallest absolute Gasteiger partial charge is 0.156 e. The predicted octanol–water partition coefficient (Wildman–Crippen LogP) is 1.36. The molecule has 1 unspecified atom stereocenters. The van der Waals surface area contributed by atoms with E-state index in [1.54, 1.807) is 20.2 Å². The highest BCUT2D eigenvalue weighted by atomic mass is 32.2. The lowest BCUT2D eigenvalue weighted by Gasteiger charge is -2.12. The van der Waals surface area contributed by atoms with Crippen LogP contribution in [0.15, 0.2) is 6.20 Å². The molecule has 0 saturated heterocycles. The van der Waals surface area contributed by atoms with Gasteiger partial charge in [-0.1, -0.05) is 0 Å². The van der Waals surface area contributed by atoms with Gasteiger partial charge in [0.2, 0.25) is 0 Å². The van der Waals surface area contributed by atoms with Gasteiger partial charge in [-0.3, -0.25) is 4.98 Å². The highest BCUT2D eigenvalue weighted by Gasteiger charge is 2.18. The Bertz CT molecular complexity index is 539. The Morgan fingerprint density at radius 1 is 1.42 bits per heavy atom. The fourth-order valence-corrected chi connectivity index (χ4v) is 3.45. The highest BCUT2D eigenvalue weighted by molar-refractivity contribution is 7.90. The van der Waals surface area contributed by atoms with Crippen LogP contribution < -0.4 is 10.5 Å². The van der Waals surface area contributed by atoms with Crippen molar-refractivity contribution in [2.45, 2.75) is 39.0 Å². The second kappa shape index (κ2) is 6.34. The Balaban J connectivity index is 2.94. The minimum absolute atomic E-state index is 0.0673. The molecule has 0 aromatic carbocycles. The largest absolute Gasteiger partial charge is 0.496 e. The molecule has 0 aliphatic heterocycles. The van der Waals surface area contributed by atoms with E-state index in [1.165, 1.54) is 0 Å². The third kappa shape index (κ3) is 4.47. The van der Waals surface area contributed by atoms with Crippen LogP contribution in [0.3, 0.4) is 0 Å². The Morgan fingerprint density at radius 2 is 2.05 bits per heavy atom. The fraction of sp³-hybridized carbons (Fsp3) is 0.615. The lowest BCUT2D eigenvalue weighted by Crippen LogP contribution is -2.21. The zero-order chi connectivity index (χ0) is 14.6. The average molecular weight is 286 g/mol. The Labute approximate surface area is 115 Å². The number of rotatable bonds is 6. The molecular weight excluding hydrogens is 264 g/mol. The summed E-state index contributed by atoms with van der Waals surface area (Å²) in [6, 6.07) is -0.114. The molecule has 0 saturated carbocycles. The summed E-state index contributed by atoms with van der Waals surface area (Å²) in [7, 11) is -1.61. The van der Waals surface area contributed by atoms with Crippen molar-refractivity contribution in [1.29, 1.82) is 0 Å². The molecule has 6 heteroatoms. The van der Waals surface area contributed by atoms with Crippen LogP contribution in [0.5, 0.6) is 5.75 Å². The van der Waals surface area contributed by atoms with Crippen molar-refractivity contribution in [2.24, 2.45) is 5.73 Å². The summed E-state index contributed by atoms with van der Waals surface area (Å²) in [5, 5.41) is 0. The maximum absolute atomic E-state index is 12.0. The number of ether oxygens (including phenoxy) is 1. The summed E-state index contributed by atoms with van der Waals surface area (Å²) in [5.41, 5.74) is 7.82. The predicted molar refractivity (Wildman–Crippen MR) is 76.0 cm³/mol. The van der Waals surface area contributed by atoms with Crippen LogP contribution in [0.25, 0.3) is 0 Å². The molecule has 5 nitrogen and oxygen atoms in total. The van der Waals surface area contributed by atoms with E-state index in [0.717, 1.165) is 11.1 Å². The van der Waals surface area contributed by atoms with Gasteiger partial charge >= 0.3 is 0 Å². The van der Waals surface area contributed by atoms with Gasteiger partial charge in [-0.25, -0.2) is 8.42 Å². The molecule has 0 fully saturated rings. The van der Waals surface area contributed by atoms with Crippen molar-refractivity contribution in [2.75, 3.05) is 12.9 Å². The van der Waals surface area contributed by atoms with Crippen LogP contribution in [-0.2, 0) is 15.6 Å². The Kier molecular flexibility index (Phi) is 5.31. The summed E-state index contributed by atoms with van der Waals surface area (Å²) < 4.78 is 29.3. The molecule has 0 spiro atoms. The lowest BCUT2D eigenvalue weighted by atomic mass is 10.1. The number of sulfone groups is 1. The molecule has 108 valence electrons. The molecule has 1 atom stereocenters. The summed E-state index contributed by atoms with van der Waals surface area (Å²) >= 11 is 0. The molecule has 1 heterocycles. The fourth-order valence-electron chi connectivity index (χ4n) is 1.86. The number of aryl methyl sites for hydroxylation is 1. The first-order valence-electron chi connectivity index (χ1n) is 6.22. The van der Waals surface area contributed by atoms with E-state index in [-0.39, 0.29) is 17.5 Å². The van der Waals surface area contributed by atoms with Crippen molar-refractivity contribution in [3.63, 3.8) is 0 Å². The monoisotopic (exact) mass is 286 g/mol. The van der Waals surface area contributed by atoms with E-state index < -0.39 is 9.84 Å². The number of nitrogens with zero attached hydrogens (tertiary/aromatic N) is 1. The van der Waals surface area contributed by atoms with Crippen molar-refractivity contribution in [1.82, 2.24) is 4.98 Å². The first kappa shape index (κ1) is 15.9. The van der Waals surface area contributed by atoms with E-state index in [4.69, 9.17) is 10.5 Å². The maximum atomic E-state index is 12.0. The van der Waals surface area contributed by atoms with Crippen LogP contribution >= 0.6 is 0 Å². The third-order valence-electron chi connectivity index (χ3n) is 2.99. The Morgan fingerprint density at radius 3 is 2.58 bits per heavy atom. The molecule has 19 heavy (non-hydrogen) atoms. The minimum Gasteiger partial charge on any atom is -0.496 e. The van der Waals surface area contributed by atoms with Crippen LogP contribution in [0, 0.1) is 13.8 Å². The van der Waals surface area contributed by atoms with Gasteiger partial charge in [0.15, 0.2) is 9.84 Å². The first-order valence-corrected chi connectivity index (χ1v) is 8.04. The van der Waals surface area contributed by atoms with E-state index in [0.29, 0.717) is 17.9 Å². The van der Waals surface area contributed by atoms with E-state index in [2.05, 4.69) is 4.98 Å².